The van der Waals surface area contributed by atoms with Crippen LogP contribution in [0.2, 0.25) is 0 Å². The monoisotopic (exact) mass is 289 g/mol. The van der Waals surface area contributed by atoms with E-state index in [1.165, 1.54) is 6.20 Å². The minimum absolute atomic E-state index is 0.125. The summed E-state index contributed by atoms with van der Waals surface area (Å²) >= 11 is 0. The Balaban J connectivity index is 2.17. The van der Waals surface area contributed by atoms with Gasteiger partial charge in [-0.15, -0.1) is 0 Å². The number of H-pyrrole nitrogens is 1. The Labute approximate surface area is 122 Å². The molecule has 0 atom stereocenters. The van der Waals surface area contributed by atoms with Gasteiger partial charge in [0.05, 0.1) is 18.1 Å². The van der Waals surface area contributed by atoms with Crippen LogP contribution in [0.15, 0.2) is 12.4 Å². The molecule has 2 rings (SSSR count). The average molecular weight is 289 g/mol. The summed E-state index contributed by atoms with van der Waals surface area (Å²) in [4.78, 5) is 20.7. The highest BCUT2D eigenvalue weighted by Crippen LogP contribution is 2.15. The van der Waals surface area contributed by atoms with Gasteiger partial charge < -0.3 is 10.7 Å². The van der Waals surface area contributed by atoms with Gasteiger partial charge in [-0.2, -0.15) is 5.10 Å². The molecule has 0 aliphatic heterocycles. The molecule has 112 valence electrons. The van der Waals surface area contributed by atoms with Crippen molar-refractivity contribution in [3.05, 3.63) is 35.2 Å². The molecule has 0 radical (unpaired) electrons. The molecule has 2 aromatic rings. The summed E-state index contributed by atoms with van der Waals surface area (Å²) in [5.41, 5.74) is 4.90. The normalized spacial score (nSPS) is 10.7. The summed E-state index contributed by atoms with van der Waals surface area (Å²) in [6.07, 6.45) is 3.19. The molecule has 0 saturated carbocycles. The molecule has 8 heteroatoms. The van der Waals surface area contributed by atoms with Gasteiger partial charge in [-0.1, -0.05) is 13.8 Å². The smallest absolute Gasteiger partial charge is 0.272 e. The van der Waals surface area contributed by atoms with E-state index in [-0.39, 0.29) is 17.5 Å². The number of nitrogen functional groups attached to an aromatic ring is 1. The van der Waals surface area contributed by atoms with Gasteiger partial charge in [0.1, 0.15) is 5.82 Å². The van der Waals surface area contributed by atoms with Crippen LogP contribution in [-0.2, 0) is 6.54 Å². The summed E-state index contributed by atoms with van der Waals surface area (Å²) < 4.78 is 0. The Morgan fingerprint density at radius 2 is 2.19 bits per heavy atom. The van der Waals surface area contributed by atoms with Crippen LogP contribution in [0.1, 0.15) is 47.3 Å². The number of aromatic amines is 1. The van der Waals surface area contributed by atoms with Gasteiger partial charge in [-0.3, -0.25) is 15.7 Å². The number of carbonyl (C=O) groups excluding carboxylic acids is 1. The number of aryl methyl sites for hydroxylation is 1. The van der Waals surface area contributed by atoms with Crippen molar-refractivity contribution in [1.29, 1.82) is 0 Å². The van der Waals surface area contributed by atoms with Crippen LogP contribution in [0.4, 0.5) is 5.69 Å². The van der Waals surface area contributed by atoms with Crippen LogP contribution in [-0.4, -0.2) is 26.1 Å². The number of hydrazine groups is 1. The molecule has 5 N–H and O–H groups in total. The Bertz CT molecular complexity index is 635. The Kier molecular flexibility index (Phi) is 4.49. The second kappa shape index (κ2) is 6.31. The van der Waals surface area contributed by atoms with Gasteiger partial charge in [0, 0.05) is 23.7 Å². The molecule has 1 amide bonds. The maximum Gasteiger partial charge on any atom is 0.272 e. The Hall–Kier alpha value is -2.48. The number of aromatic nitrogens is 4. The number of nitrogens with zero attached hydrogens (tertiary/aromatic N) is 3. The molecule has 0 spiro atoms. The van der Waals surface area contributed by atoms with E-state index in [1.54, 1.807) is 6.20 Å². The molecule has 21 heavy (non-hydrogen) atoms. The van der Waals surface area contributed by atoms with Gasteiger partial charge in [-0.25, -0.2) is 9.97 Å². The number of rotatable bonds is 5. The van der Waals surface area contributed by atoms with Gasteiger partial charge in [0.25, 0.3) is 5.91 Å². The lowest BCUT2D eigenvalue weighted by atomic mass is 10.2. The third kappa shape index (κ3) is 3.34. The molecule has 0 aliphatic rings. The van der Waals surface area contributed by atoms with Crippen molar-refractivity contribution in [3.8, 4) is 0 Å². The first-order chi connectivity index (χ1) is 10.0. The van der Waals surface area contributed by atoms with Crippen LogP contribution in [0.25, 0.3) is 0 Å². The van der Waals surface area contributed by atoms with E-state index in [2.05, 4.69) is 30.9 Å². The van der Waals surface area contributed by atoms with Crippen LogP contribution in [0, 0.1) is 6.92 Å². The van der Waals surface area contributed by atoms with Gasteiger partial charge >= 0.3 is 0 Å². The predicted octanol–water partition coefficient (Wildman–Crippen LogP) is 0.847. The van der Waals surface area contributed by atoms with Gasteiger partial charge in [0.15, 0.2) is 5.69 Å². The molecule has 0 aromatic carbocycles. The van der Waals surface area contributed by atoms with Crippen molar-refractivity contribution in [3.63, 3.8) is 0 Å². The number of anilines is 1. The highest BCUT2D eigenvalue weighted by molar-refractivity contribution is 5.97. The maximum atomic E-state index is 12.3. The Morgan fingerprint density at radius 3 is 2.76 bits per heavy atom. The summed E-state index contributed by atoms with van der Waals surface area (Å²) in [7, 11) is 0. The number of nitrogens with two attached hydrogens (primary N) is 1. The summed E-state index contributed by atoms with van der Waals surface area (Å²) in [6, 6.07) is 0. The number of nitrogens with one attached hydrogen (secondary N) is 3. The first-order valence-electron chi connectivity index (χ1n) is 6.63. The molecular formula is C13H19N7O. The Morgan fingerprint density at radius 1 is 1.43 bits per heavy atom. The summed E-state index contributed by atoms with van der Waals surface area (Å²) in [5.74, 6) is 5.81. The number of amides is 1. The van der Waals surface area contributed by atoms with Gasteiger partial charge in [-0.05, 0) is 6.92 Å². The summed E-state index contributed by atoms with van der Waals surface area (Å²) in [5, 5.41) is 9.53. The van der Waals surface area contributed by atoms with E-state index >= 15 is 0 Å². The first kappa shape index (κ1) is 14.9. The van der Waals surface area contributed by atoms with Crippen LogP contribution in [0.3, 0.4) is 0 Å². The third-order valence-corrected chi connectivity index (χ3v) is 3.07. The van der Waals surface area contributed by atoms with E-state index < -0.39 is 0 Å². The molecule has 8 nitrogen and oxygen atoms in total. The lowest BCUT2D eigenvalue weighted by molar-refractivity contribution is 0.0946. The van der Waals surface area contributed by atoms with Crippen molar-refractivity contribution in [2.45, 2.75) is 33.2 Å². The molecular weight excluding hydrogens is 270 g/mol. The lowest BCUT2D eigenvalue weighted by Gasteiger charge is -2.11. The molecule has 0 unspecified atom stereocenters. The van der Waals surface area contributed by atoms with Crippen molar-refractivity contribution >= 4 is 11.6 Å². The zero-order chi connectivity index (χ0) is 15.4. The molecule has 0 fully saturated rings. The minimum atomic E-state index is -0.312. The zero-order valence-corrected chi connectivity index (χ0v) is 12.3. The van der Waals surface area contributed by atoms with E-state index in [1.807, 2.05) is 20.8 Å². The largest absolute Gasteiger partial charge is 0.346 e. The third-order valence-electron chi connectivity index (χ3n) is 3.07. The topological polar surface area (TPSA) is 122 Å². The zero-order valence-electron chi connectivity index (χ0n) is 12.3. The first-order valence-corrected chi connectivity index (χ1v) is 6.63. The highest BCUT2D eigenvalue weighted by Gasteiger charge is 2.16. The van der Waals surface area contributed by atoms with E-state index in [4.69, 9.17) is 5.84 Å². The standard InChI is InChI=1S/C13H19N7O/c1-7(2)12-15-6-10(19-14)11(18-12)13(21)16-4-9-5-17-20-8(9)3/h5-7,19H,4,14H2,1-3H3,(H,16,21)(H,17,20). The van der Waals surface area contributed by atoms with Crippen molar-refractivity contribution in [1.82, 2.24) is 25.5 Å². The van der Waals surface area contributed by atoms with Crippen LogP contribution >= 0.6 is 0 Å². The predicted molar refractivity (Wildman–Crippen MR) is 78.4 cm³/mol. The molecule has 0 bridgehead atoms. The maximum absolute atomic E-state index is 12.3. The fourth-order valence-corrected chi connectivity index (χ4v) is 1.77. The highest BCUT2D eigenvalue weighted by atomic mass is 16.1. The minimum Gasteiger partial charge on any atom is -0.346 e. The molecule has 0 aliphatic carbocycles. The van der Waals surface area contributed by atoms with Gasteiger partial charge in [0.2, 0.25) is 0 Å². The lowest BCUT2D eigenvalue weighted by Crippen LogP contribution is -2.27. The van der Waals surface area contributed by atoms with E-state index in [0.717, 1.165) is 11.3 Å². The average Bonchev–Trinajstić information content (AvgIpc) is 2.89. The number of carbonyl (C=O) groups is 1. The summed E-state index contributed by atoms with van der Waals surface area (Å²) in [6.45, 7) is 6.18. The fraction of sp³-hybridized carbons (Fsp3) is 0.385. The van der Waals surface area contributed by atoms with Crippen LogP contribution < -0.4 is 16.6 Å². The molecule has 0 saturated heterocycles. The fourth-order valence-electron chi connectivity index (χ4n) is 1.77. The molecule has 2 heterocycles. The number of hydrogen-bond donors (Lipinski definition) is 4. The van der Waals surface area contributed by atoms with E-state index in [0.29, 0.717) is 18.1 Å². The SMILES string of the molecule is Cc1[nH]ncc1CNC(=O)c1nc(C(C)C)ncc1NN. The number of hydrogen-bond acceptors (Lipinski definition) is 6. The van der Waals surface area contributed by atoms with Crippen molar-refractivity contribution in [2.24, 2.45) is 5.84 Å². The van der Waals surface area contributed by atoms with Crippen molar-refractivity contribution in [2.75, 3.05) is 5.43 Å². The second-order valence-corrected chi connectivity index (χ2v) is 4.99. The molecule has 2 aromatic heterocycles. The van der Waals surface area contributed by atoms with Crippen LogP contribution in [0.5, 0.6) is 0 Å². The quantitative estimate of drug-likeness (QED) is 0.478. The van der Waals surface area contributed by atoms with E-state index in [9.17, 15) is 4.79 Å². The second-order valence-electron chi connectivity index (χ2n) is 4.99. The van der Waals surface area contributed by atoms with Crippen molar-refractivity contribution < 1.29 is 4.79 Å².